The summed E-state index contributed by atoms with van der Waals surface area (Å²) >= 11 is 5.92. The quantitative estimate of drug-likeness (QED) is 0.861. The molecule has 0 unspecified atom stereocenters. The topological polar surface area (TPSA) is 45.6 Å². The molecule has 1 N–H and O–H groups in total. The van der Waals surface area contributed by atoms with Gasteiger partial charge in [-0.2, -0.15) is 0 Å². The number of rotatable bonds is 2. The van der Waals surface area contributed by atoms with Crippen molar-refractivity contribution in [3.63, 3.8) is 0 Å². The van der Waals surface area contributed by atoms with Gasteiger partial charge in [0.05, 0.1) is 6.20 Å². The Morgan fingerprint density at radius 1 is 1.50 bits per heavy atom. The van der Waals surface area contributed by atoms with Gasteiger partial charge in [0, 0.05) is 19.2 Å². The Labute approximate surface area is 99.8 Å². The summed E-state index contributed by atoms with van der Waals surface area (Å²) in [5.41, 5.74) is 0. The van der Waals surface area contributed by atoms with Crippen LogP contribution in [0.3, 0.4) is 0 Å². The van der Waals surface area contributed by atoms with Crippen LogP contribution in [0.25, 0.3) is 0 Å². The zero-order valence-corrected chi connectivity index (χ0v) is 9.94. The number of ether oxygens (including phenoxy) is 1. The molecule has 1 aromatic heterocycles. The Morgan fingerprint density at radius 3 is 2.81 bits per heavy atom. The van der Waals surface area contributed by atoms with E-state index >= 15 is 0 Å². The molecular formula is C11H15ClN2O2. The normalized spacial score (nSPS) is 18.6. The largest absolute Gasteiger partial charge is 0.506 e. The highest BCUT2D eigenvalue weighted by Gasteiger charge is 2.19. The average Bonchev–Trinajstić information content (AvgIpc) is 2.25. The van der Waals surface area contributed by atoms with Gasteiger partial charge in [-0.25, -0.2) is 4.98 Å². The van der Waals surface area contributed by atoms with E-state index in [0.29, 0.717) is 10.9 Å². The second kappa shape index (κ2) is 4.89. The molecule has 0 spiro atoms. The van der Waals surface area contributed by atoms with E-state index < -0.39 is 0 Å². The Morgan fingerprint density at radius 2 is 2.19 bits per heavy atom. The summed E-state index contributed by atoms with van der Waals surface area (Å²) in [7, 11) is 2.10. The Bertz CT molecular complexity index is 365. The molecule has 0 saturated carbocycles. The van der Waals surface area contributed by atoms with Gasteiger partial charge < -0.3 is 14.7 Å². The fourth-order valence-electron chi connectivity index (χ4n) is 1.76. The zero-order chi connectivity index (χ0) is 11.5. The summed E-state index contributed by atoms with van der Waals surface area (Å²) in [6, 6.07) is 1.44. The molecular weight excluding hydrogens is 228 g/mol. The number of aromatic hydroxyl groups is 1. The molecule has 1 aromatic rings. The van der Waals surface area contributed by atoms with Gasteiger partial charge in [-0.15, -0.1) is 0 Å². The first-order valence-electron chi connectivity index (χ1n) is 5.35. The summed E-state index contributed by atoms with van der Waals surface area (Å²) in [6.45, 7) is 2.06. The van der Waals surface area contributed by atoms with Crippen LogP contribution in [0.4, 0.5) is 0 Å². The van der Waals surface area contributed by atoms with Crippen molar-refractivity contribution in [3.05, 3.63) is 17.3 Å². The van der Waals surface area contributed by atoms with Gasteiger partial charge in [-0.3, -0.25) is 0 Å². The van der Waals surface area contributed by atoms with Crippen molar-refractivity contribution in [1.82, 2.24) is 9.88 Å². The van der Waals surface area contributed by atoms with Gasteiger partial charge in [-0.05, 0) is 19.9 Å². The molecule has 0 amide bonds. The Kier molecular flexibility index (Phi) is 3.51. The van der Waals surface area contributed by atoms with Crippen LogP contribution in [-0.2, 0) is 0 Å². The number of halogens is 1. The first-order valence-corrected chi connectivity index (χ1v) is 5.72. The highest BCUT2D eigenvalue weighted by molar-refractivity contribution is 6.31. The smallest absolute Gasteiger partial charge is 0.233 e. The van der Waals surface area contributed by atoms with Gasteiger partial charge in [-0.1, -0.05) is 11.6 Å². The van der Waals surface area contributed by atoms with Gasteiger partial charge >= 0.3 is 0 Å². The molecule has 1 saturated heterocycles. The fourth-order valence-corrected chi connectivity index (χ4v) is 1.97. The van der Waals surface area contributed by atoms with Gasteiger partial charge in [0.1, 0.15) is 16.9 Å². The average molecular weight is 243 g/mol. The number of likely N-dealkylation sites (tertiary alicyclic amines) is 1. The van der Waals surface area contributed by atoms with Crippen LogP contribution < -0.4 is 4.74 Å². The summed E-state index contributed by atoms with van der Waals surface area (Å²) in [6.07, 6.45) is 3.48. The third-order valence-corrected chi connectivity index (χ3v) is 3.01. The van der Waals surface area contributed by atoms with E-state index in [-0.39, 0.29) is 11.9 Å². The lowest BCUT2D eigenvalue weighted by molar-refractivity contribution is 0.110. The molecule has 0 radical (unpaired) electrons. The minimum atomic E-state index is 0.0562. The van der Waals surface area contributed by atoms with Crippen LogP contribution in [0, 0.1) is 0 Å². The lowest BCUT2D eigenvalue weighted by Crippen LogP contribution is -2.35. The van der Waals surface area contributed by atoms with E-state index in [4.69, 9.17) is 21.4 Å². The molecule has 1 aliphatic heterocycles. The van der Waals surface area contributed by atoms with E-state index in [9.17, 15) is 0 Å². The maximum absolute atomic E-state index is 9.17. The van der Waals surface area contributed by atoms with Crippen LogP contribution in [0.15, 0.2) is 12.3 Å². The van der Waals surface area contributed by atoms with Gasteiger partial charge in [0.25, 0.3) is 0 Å². The summed E-state index contributed by atoms with van der Waals surface area (Å²) in [4.78, 5) is 6.24. The van der Waals surface area contributed by atoms with Crippen molar-refractivity contribution in [2.24, 2.45) is 0 Å². The standard InChI is InChI=1S/C11H15ClN2O2/c1-14-4-2-9(3-5-14)16-11-10(12)6-8(15)7-13-11/h6-7,9,15H,2-5H2,1H3. The maximum atomic E-state index is 9.17. The van der Waals surface area contributed by atoms with E-state index in [1.807, 2.05) is 0 Å². The third-order valence-electron chi connectivity index (χ3n) is 2.74. The predicted molar refractivity (Wildman–Crippen MR) is 62.1 cm³/mol. The molecule has 4 nitrogen and oxygen atoms in total. The molecule has 0 aromatic carbocycles. The minimum Gasteiger partial charge on any atom is -0.506 e. The second-order valence-corrected chi connectivity index (χ2v) is 4.51. The third kappa shape index (κ3) is 2.77. The lowest BCUT2D eigenvalue weighted by Gasteiger charge is -2.29. The number of pyridine rings is 1. The number of nitrogens with zero attached hydrogens (tertiary/aromatic N) is 2. The van der Waals surface area contributed by atoms with Crippen molar-refractivity contribution in [2.45, 2.75) is 18.9 Å². The highest BCUT2D eigenvalue weighted by atomic mass is 35.5. The van der Waals surface area contributed by atoms with E-state index in [2.05, 4.69) is 16.9 Å². The molecule has 5 heteroatoms. The Balaban J connectivity index is 1.98. The summed E-state index contributed by atoms with van der Waals surface area (Å²) in [5, 5.41) is 9.53. The van der Waals surface area contributed by atoms with Crippen molar-refractivity contribution in [3.8, 4) is 11.6 Å². The zero-order valence-electron chi connectivity index (χ0n) is 9.19. The van der Waals surface area contributed by atoms with E-state index in [1.54, 1.807) is 0 Å². The molecule has 1 aliphatic rings. The van der Waals surface area contributed by atoms with Crippen LogP contribution in [0.2, 0.25) is 5.02 Å². The SMILES string of the molecule is CN1CCC(Oc2ncc(O)cc2Cl)CC1. The van der Waals surface area contributed by atoms with Crippen molar-refractivity contribution in [1.29, 1.82) is 0 Å². The molecule has 0 bridgehead atoms. The molecule has 0 aliphatic carbocycles. The monoisotopic (exact) mass is 242 g/mol. The molecule has 1 fully saturated rings. The maximum Gasteiger partial charge on any atom is 0.233 e. The van der Waals surface area contributed by atoms with Crippen LogP contribution in [0.5, 0.6) is 11.6 Å². The van der Waals surface area contributed by atoms with Crippen molar-refractivity contribution >= 4 is 11.6 Å². The summed E-state index contributed by atoms with van der Waals surface area (Å²) < 4.78 is 5.71. The van der Waals surface area contributed by atoms with Crippen molar-refractivity contribution in [2.75, 3.05) is 20.1 Å². The fraction of sp³-hybridized carbons (Fsp3) is 0.545. The van der Waals surface area contributed by atoms with E-state index in [0.717, 1.165) is 25.9 Å². The highest BCUT2D eigenvalue weighted by Crippen LogP contribution is 2.27. The number of hydrogen-bond acceptors (Lipinski definition) is 4. The lowest BCUT2D eigenvalue weighted by atomic mass is 10.1. The van der Waals surface area contributed by atoms with Crippen LogP contribution in [0.1, 0.15) is 12.8 Å². The number of piperidine rings is 1. The molecule has 88 valence electrons. The summed E-state index contributed by atoms with van der Waals surface area (Å²) in [5.74, 6) is 0.467. The first-order chi connectivity index (χ1) is 7.65. The first kappa shape index (κ1) is 11.5. The molecule has 2 heterocycles. The van der Waals surface area contributed by atoms with Gasteiger partial charge in [0.2, 0.25) is 5.88 Å². The molecule has 16 heavy (non-hydrogen) atoms. The predicted octanol–water partition coefficient (Wildman–Crippen LogP) is 1.91. The van der Waals surface area contributed by atoms with Gasteiger partial charge in [0.15, 0.2) is 0 Å². The number of hydrogen-bond donors (Lipinski definition) is 1. The van der Waals surface area contributed by atoms with Crippen LogP contribution in [-0.4, -0.2) is 41.2 Å². The van der Waals surface area contributed by atoms with Crippen molar-refractivity contribution < 1.29 is 9.84 Å². The Hall–Kier alpha value is -1.00. The second-order valence-electron chi connectivity index (χ2n) is 4.10. The van der Waals surface area contributed by atoms with E-state index in [1.165, 1.54) is 12.3 Å². The molecule has 0 atom stereocenters. The molecule has 2 rings (SSSR count). The minimum absolute atomic E-state index is 0.0562. The number of aromatic nitrogens is 1. The van der Waals surface area contributed by atoms with Crippen LogP contribution >= 0.6 is 11.6 Å².